The van der Waals surface area contributed by atoms with E-state index in [-0.39, 0.29) is 17.6 Å². The van der Waals surface area contributed by atoms with Gasteiger partial charge in [0.15, 0.2) is 0 Å². The molecule has 3 rings (SSSR count). The van der Waals surface area contributed by atoms with Gasteiger partial charge in [-0.05, 0) is 47.2 Å². The Morgan fingerprint density at radius 2 is 1.96 bits per heavy atom. The van der Waals surface area contributed by atoms with Gasteiger partial charge in [-0.25, -0.2) is 0 Å². The molecule has 3 aromatic rings. The molecule has 0 radical (unpaired) electrons. The molecule has 0 unspecified atom stereocenters. The number of nitrogens with zero attached hydrogens (tertiary/aromatic N) is 4. The van der Waals surface area contributed by atoms with Gasteiger partial charge in [-0.1, -0.05) is 36.0 Å². The average molecular weight is 382 g/mol. The Balaban J connectivity index is 1.65. The van der Waals surface area contributed by atoms with Crippen LogP contribution in [0.2, 0.25) is 0 Å². The normalized spacial score (nSPS) is 10.4. The number of tetrazole rings is 1. The molecular formula is C18H18N6O2S. The first-order valence-corrected chi connectivity index (χ1v) is 9.16. The van der Waals surface area contributed by atoms with E-state index in [0.717, 1.165) is 11.3 Å². The quantitative estimate of drug-likeness (QED) is 0.633. The SMILES string of the molecule is CNC(=O)c1cccc(NC(=O)CSc2nnnn2-c2ccccc2C)c1. The number of aromatic nitrogens is 4. The van der Waals surface area contributed by atoms with E-state index in [4.69, 9.17) is 0 Å². The molecule has 9 heteroatoms. The zero-order chi connectivity index (χ0) is 19.2. The van der Waals surface area contributed by atoms with Crippen LogP contribution >= 0.6 is 11.8 Å². The van der Waals surface area contributed by atoms with Crippen molar-refractivity contribution in [1.29, 1.82) is 0 Å². The second kappa shape index (κ2) is 8.45. The molecule has 2 N–H and O–H groups in total. The first kappa shape index (κ1) is 18.6. The van der Waals surface area contributed by atoms with Gasteiger partial charge in [0.1, 0.15) is 0 Å². The topological polar surface area (TPSA) is 102 Å². The number of thioether (sulfide) groups is 1. The maximum atomic E-state index is 12.3. The van der Waals surface area contributed by atoms with Gasteiger partial charge >= 0.3 is 0 Å². The van der Waals surface area contributed by atoms with Crippen molar-refractivity contribution in [2.45, 2.75) is 12.1 Å². The lowest BCUT2D eigenvalue weighted by Gasteiger charge is -2.08. The van der Waals surface area contributed by atoms with E-state index in [1.54, 1.807) is 36.0 Å². The van der Waals surface area contributed by atoms with E-state index < -0.39 is 0 Å². The molecule has 138 valence electrons. The minimum absolute atomic E-state index is 0.135. The molecule has 0 aliphatic carbocycles. The summed E-state index contributed by atoms with van der Waals surface area (Å²) in [6.45, 7) is 1.97. The summed E-state index contributed by atoms with van der Waals surface area (Å²) in [6, 6.07) is 14.5. The van der Waals surface area contributed by atoms with Crippen LogP contribution in [-0.4, -0.2) is 44.8 Å². The molecule has 0 saturated heterocycles. The molecule has 1 aromatic heterocycles. The predicted molar refractivity (Wildman–Crippen MR) is 103 cm³/mol. The van der Waals surface area contributed by atoms with Gasteiger partial charge in [0.25, 0.3) is 5.91 Å². The highest BCUT2D eigenvalue weighted by molar-refractivity contribution is 7.99. The molecule has 0 atom stereocenters. The van der Waals surface area contributed by atoms with Crippen LogP contribution in [0.15, 0.2) is 53.7 Å². The second-order valence-corrected chi connectivity index (χ2v) is 6.60. The summed E-state index contributed by atoms with van der Waals surface area (Å²) in [4.78, 5) is 23.9. The lowest BCUT2D eigenvalue weighted by molar-refractivity contribution is -0.113. The smallest absolute Gasteiger partial charge is 0.251 e. The highest BCUT2D eigenvalue weighted by Crippen LogP contribution is 2.20. The van der Waals surface area contributed by atoms with Crippen molar-refractivity contribution >= 4 is 29.3 Å². The fraction of sp³-hybridized carbons (Fsp3) is 0.167. The third kappa shape index (κ3) is 4.50. The van der Waals surface area contributed by atoms with E-state index in [1.807, 2.05) is 31.2 Å². The van der Waals surface area contributed by atoms with Crippen molar-refractivity contribution in [3.8, 4) is 5.69 Å². The number of aryl methyl sites for hydroxylation is 1. The van der Waals surface area contributed by atoms with Gasteiger partial charge in [0.05, 0.1) is 11.4 Å². The fourth-order valence-electron chi connectivity index (χ4n) is 2.43. The van der Waals surface area contributed by atoms with E-state index in [0.29, 0.717) is 16.4 Å². The first-order chi connectivity index (χ1) is 13.1. The van der Waals surface area contributed by atoms with Gasteiger partial charge in [0, 0.05) is 18.3 Å². The lowest BCUT2D eigenvalue weighted by atomic mass is 10.2. The Hall–Kier alpha value is -3.20. The molecule has 0 aliphatic heterocycles. The molecule has 2 aromatic carbocycles. The monoisotopic (exact) mass is 382 g/mol. The van der Waals surface area contributed by atoms with E-state index in [9.17, 15) is 9.59 Å². The number of rotatable bonds is 6. The summed E-state index contributed by atoms with van der Waals surface area (Å²) in [7, 11) is 1.56. The van der Waals surface area contributed by atoms with Gasteiger partial charge in [0.2, 0.25) is 11.1 Å². The molecule has 0 aliphatic rings. The van der Waals surface area contributed by atoms with Crippen molar-refractivity contribution in [1.82, 2.24) is 25.5 Å². The maximum Gasteiger partial charge on any atom is 0.251 e. The summed E-state index contributed by atoms with van der Waals surface area (Å²) in [5.74, 6) is -0.289. The number of carbonyl (C=O) groups excluding carboxylic acids is 2. The van der Waals surface area contributed by atoms with Crippen LogP contribution in [0.3, 0.4) is 0 Å². The maximum absolute atomic E-state index is 12.3. The van der Waals surface area contributed by atoms with Gasteiger partial charge < -0.3 is 10.6 Å². The summed E-state index contributed by atoms with van der Waals surface area (Å²) >= 11 is 1.24. The fourth-order valence-corrected chi connectivity index (χ4v) is 3.11. The molecular weight excluding hydrogens is 364 g/mol. The van der Waals surface area contributed by atoms with Crippen LogP contribution in [0.25, 0.3) is 5.69 Å². The molecule has 0 fully saturated rings. The lowest BCUT2D eigenvalue weighted by Crippen LogP contribution is -2.19. The highest BCUT2D eigenvalue weighted by Gasteiger charge is 2.13. The van der Waals surface area contributed by atoms with Crippen LogP contribution in [0.4, 0.5) is 5.69 Å². The molecule has 0 spiro atoms. The molecule has 2 amide bonds. The van der Waals surface area contributed by atoms with Crippen LogP contribution < -0.4 is 10.6 Å². The zero-order valence-corrected chi connectivity index (χ0v) is 15.7. The molecule has 1 heterocycles. The van der Waals surface area contributed by atoms with Crippen molar-refractivity contribution in [3.05, 3.63) is 59.7 Å². The zero-order valence-electron chi connectivity index (χ0n) is 14.8. The molecule has 0 saturated carbocycles. The Morgan fingerprint density at radius 1 is 1.15 bits per heavy atom. The number of benzene rings is 2. The minimum atomic E-state index is -0.214. The van der Waals surface area contributed by atoms with Crippen LogP contribution in [0.5, 0.6) is 0 Å². The van der Waals surface area contributed by atoms with E-state index in [2.05, 4.69) is 26.2 Å². The number of hydrogen-bond donors (Lipinski definition) is 2. The Bertz CT molecular complexity index is 972. The van der Waals surface area contributed by atoms with Gasteiger partial charge in [-0.3, -0.25) is 9.59 Å². The van der Waals surface area contributed by atoms with Crippen LogP contribution in [0, 0.1) is 6.92 Å². The largest absolute Gasteiger partial charge is 0.355 e. The Labute approximate surface area is 160 Å². The molecule has 27 heavy (non-hydrogen) atoms. The molecule has 0 bridgehead atoms. The van der Waals surface area contributed by atoms with Crippen molar-refractivity contribution in [2.24, 2.45) is 0 Å². The van der Waals surface area contributed by atoms with Crippen molar-refractivity contribution in [3.63, 3.8) is 0 Å². The predicted octanol–water partition coefficient (Wildman–Crippen LogP) is 2.06. The molecule has 8 nitrogen and oxygen atoms in total. The minimum Gasteiger partial charge on any atom is -0.355 e. The summed E-state index contributed by atoms with van der Waals surface area (Å²) < 4.78 is 1.61. The number of anilines is 1. The average Bonchev–Trinajstić information content (AvgIpc) is 3.14. The summed E-state index contributed by atoms with van der Waals surface area (Å²) in [6.07, 6.45) is 0. The van der Waals surface area contributed by atoms with E-state index in [1.165, 1.54) is 11.8 Å². The second-order valence-electron chi connectivity index (χ2n) is 5.66. The third-order valence-electron chi connectivity index (χ3n) is 3.75. The summed E-state index contributed by atoms with van der Waals surface area (Å²) in [5.41, 5.74) is 2.93. The standard InChI is InChI=1S/C18H18N6O2S/c1-12-6-3-4-9-15(12)24-18(21-22-23-24)27-11-16(25)20-14-8-5-7-13(10-14)17(26)19-2/h3-10H,11H2,1-2H3,(H,19,26)(H,20,25). The number of amides is 2. The number of carbonyl (C=O) groups is 2. The van der Waals surface area contributed by atoms with Crippen LogP contribution in [-0.2, 0) is 4.79 Å². The Kier molecular flexibility index (Phi) is 5.82. The van der Waals surface area contributed by atoms with Gasteiger partial charge in [-0.15, -0.1) is 5.10 Å². The number of nitrogens with one attached hydrogen (secondary N) is 2. The summed E-state index contributed by atoms with van der Waals surface area (Å²) in [5, 5.41) is 17.6. The number of para-hydroxylation sites is 1. The number of hydrogen-bond acceptors (Lipinski definition) is 6. The van der Waals surface area contributed by atoms with Crippen LogP contribution in [0.1, 0.15) is 15.9 Å². The van der Waals surface area contributed by atoms with Crippen molar-refractivity contribution < 1.29 is 9.59 Å². The van der Waals surface area contributed by atoms with Crippen molar-refractivity contribution in [2.75, 3.05) is 18.1 Å². The highest BCUT2D eigenvalue weighted by atomic mass is 32.2. The van der Waals surface area contributed by atoms with Gasteiger partial charge in [-0.2, -0.15) is 4.68 Å². The first-order valence-electron chi connectivity index (χ1n) is 8.17. The Morgan fingerprint density at radius 3 is 2.74 bits per heavy atom. The van der Waals surface area contributed by atoms with E-state index >= 15 is 0 Å². The third-order valence-corrected chi connectivity index (χ3v) is 4.67.